The van der Waals surface area contributed by atoms with E-state index in [-0.39, 0.29) is 6.04 Å². The Hall–Kier alpha value is -1.23. The standard InChI is InChI=1S/C14H19N3S/c1-9-4-5-10(2)12(6-9)7-13(17-15)14-8-16-11(3)18-14/h4-6,8,13,17H,7,15H2,1-3H3. The normalized spacial score (nSPS) is 12.7. The monoisotopic (exact) mass is 261 g/mol. The molecule has 0 aliphatic rings. The van der Waals surface area contributed by atoms with Gasteiger partial charge in [-0.15, -0.1) is 11.3 Å². The summed E-state index contributed by atoms with van der Waals surface area (Å²) >= 11 is 1.70. The first-order valence-electron chi connectivity index (χ1n) is 6.04. The molecule has 96 valence electrons. The van der Waals surface area contributed by atoms with Gasteiger partial charge in [0.2, 0.25) is 0 Å². The van der Waals surface area contributed by atoms with Crippen LogP contribution in [0, 0.1) is 20.8 Å². The number of nitrogens with two attached hydrogens (primary N) is 1. The van der Waals surface area contributed by atoms with Crippen molar-refractivity contribution in [3.63, 3.8) is 0 Å². The van der Waals surface area contributed by atoms with E-state index < -0.39 is 0 Å². The Morgan fingerprint density at radius 1 is 1.33 bits per heavy atom. The van der Waals surface area contributed by atoms with Crippen LogP contribution in [0.4, 0.5) is 0 Å². The number of aryl methyl sites for hydroxylation is 3. The van der Waals surface area contributed by atoms with Crippen LogP contribution in [0.25, 0.3) is 0 Å². The lowest BCUT2D eigenvalue weighted by Crippen LogP contribution is -2.29. The topological polar surface area (TPSA) is 50.9 Å². The molecule has 18 heavy (non-hydrogen) atoms. The van der Waals surface area contributed by atoms with E-state index in [1.807, 2.05) is 13.1 Å². The zero-order chi connectivity index (χ0) is 13.1. The van der Waals surface area contributed by atoms with Gasteiger partial charge >= 0.3 is 0 Å². The summed E-state index contributed by atoms with van der Waals surface area (Å²) in [7, 11) is 0. The molecule has 2 rings (SSSR count). The molecule has 2 aromatic rings. The molecule has 0 saturated carbocycles. The second-order valence-electron chi connectivity index (χ2n) is 4.63. The molecule has 0 fully saturated rings. The lowest BCUT2D eigenvalue weighted by Gasteiger charge is -2.15. The zero-order valence-corrected chi connectivity index (χ0v) is 11.8. The highest BCUT2D eigenvalue weighted by molar-refractivity contribution is 7.11. The molecule has 1 aromatic heterocycles. The molecule has 0 saturated heterocycles. The third-order valence-corrected chi connectivity index (χ3v) is 4.14. The fourth-order valence-electron chi connectivity index (χ4n) is 2.02. The molecule has 1 aromatic carbocycles. The quantitative estimate of drug-likeness (QED) is 0.657. The van der Waals surface area contributed by atoms with Crippen molar-refractivity contribution in [1.82, 2.24) is 10.4 Å². The number of hydrazine groups is 1. The van der Waals surface area contributed by atoms with Crippen LogP contribution in [-0.2, 0) is 6.42 Å². The minimum Gasteiger partial charge on any atom is -0.271 e. The molecule has 0 bridgehead atoms. The van der Waals surface area contributed by atoms with Crippen LogP contribution in [0.15, 0.2) is 24.4 Å². The molecule has 0 aliphatic carbocycles. The van der Waals surface area contributed by atoms with Crippen LogP contribution in [0.2, 0.25) is 0 Å². The first-order chi connectivity index (χ1) is 8.60. The molecule has 3 nitrogen and oxygen atoms in total. The maximum absolute atomic E-state index is 5.68. The van der Waals surface area contributed by atoms with Crippen molar-refractivity contribution in [2.24, 2.45) is 5.84 Å². The van der Waals surface area contributed by atoms with Crippen LogP contribution in [-0.4, -0.2) is 4.98 Å². The summed E-state index contributed by atoms with van der Waals surface area (Å²) in [5.74, 6) is 5.68. The van der Waals surface area contributed by atoms with Crippen molar-refractivity contribution in [3.05, 3.63) is 51.0 Å². The summed E-state index contributed by atoms with van der Waals surface area (Å²) < 4.78 is 0. The second-order valence-corrected chi connectivity index (χ2v) is 5.90. The van der Waals surface area contributed by atoms with E-state index in [0.29, 0.717) is 0 Å². The third kappa shape index (κ3) is 2.96. The average Bonchev–Trinajstić information content (AvgIpc) is 2.77. The first kappa shape index (κ1) is 13.2. The van der Waals surface area contributed by atoms with Gasteiger partial charge in [0, 0.05) is 11.1 Å². The summed E-state index contributed by atoms with van der Waals surface area (Å²) in [6.45, 7) is 6.27. The van der Waals surface area contributed by atoms with Gasteiger partial charge in [0.1, 0.15) is 0 Å². The second kappa shape index (κ2) is 5.61. The molecular weight excluding hydrogens is 242 g/mol. The highest BCUT2D eigenvalue weighted by Crippen LogP contribution is 2.25. The Kier molecular flexibility index (Phi) is 4.11. The van der Waals surface area contributed by atoms with Gasteiger partial charge in [-0.25, -0.2) is 4.98 Å². The van der Waals surface area contributed by atoms with Crippen molar-refractivity contribution < 1.29 is 0 Å². The lowest BCUT2D eigenvalue weighted by atomic mass is 9.99. The van der Waals surface area contributed by atoms with E-state index in [9.17, 15) is 0 Å². The summed E-state index contributed by atoms with van der Waals surface area (Å²) in [6.07, 6.45) is 2.81. The van der Waals surface area contributed by atoms with Crippen molar-refractivity contribution >= 4 is 11.3 Å². The van der Waals surface area contributed by atoms with Crippen LogP contribution < -0.4 is 11.3 Å². The number of nitrogens with zero attached hydrogens (tertiary/aromatic N) is 1. The number of nitrogens with one attached hydrogen (secondary N) is 1. The molecule has 1 atom stereocenters. The number of thiazole rings is 1. The number of rotatable bonds is 4. The Morgan fingerprint density at radius 3 is 2.72 bits per heavy atom. The fourth-order valence-corrected chi connectivity index (χ4v) is 2.87. The molecule has 4 heteroatoms. The van der Waals surface area contributed by atoms with E-state index in [0.717, 1.165) is 11.4 Å². The van der Waals surface area contributed by atoms with Crippen molar-refractivity contribution in [2.75, 3.05) is 0 Å². The molecule has 3 N–H and O–H groups in total. The SMILES string of the molecule is Cc1ccc(C)c(CC(NN)c2cnc(C)s2)c1. The van der Waals surface area contributed by atoms with Crippen molar-refractivity contribution in [2.45, 2.75) is 33.2 Å². The lowest BCUT2D eigenvalue weighted by molar-refractivity contribution is 0.558. The molecule has 0 amide bonds. The number of hydrogen-bond acceptors (Lipinski definition) is 4. The summed E-state index contributed by atoms with van der Waals surface area (Å²) in [5, 5.41) is 1.08. The number of hydrogen-bond donors (Lipinski definition) is 2. The van der Waals surface area contributed by atoms with Crippen LogP contribution >= 0.6 is 11.3 Å². The fraction of sp³-hybridized carbons (Fsp3) is 0.357. The van der Waals surface area contributed by atoms with Gasteiger partial charge in [0.05, 0.1) is 11.0 Å². The average molecular weight is 261 g/mol. The summed E-state index contributed by atoms with van der Waals surface area (Å²) in [5.41, 5.74) is 6.83. The van der Waals surface area contributed by atoms with Gasteiger partial charge in [-0.3, -0.25) is 11.3 Å². The van der Waals surface area contributed by atoms with E-state index in [1.165, 1.54) is 21.6 Å². The number of benzene rings is 1. The maximum Gasteiger partial charge on any atom is 0.0897 e. The number of aromatic nitrogens is 1. The third-order valence-electron chi connectivity index (χ3n) is 3.11. The molecule has 1 unspecified atom stereocenters. The molecule has 1 heterocycles. The van der Waals surface area contributed by atoms with Crippen LogP contribution in [0.1, 0.15) is 32.6 Å². The highest BCUT2D eigenvalue weighted by Gasteiger charge is 2.14. The molecular formula is C14H19N3S. The van der Waals surface area contributed by atoms with Gasteiger partial charge in [0.15, 0.2) is 0 Å². The Bertz CT molecular complexity index is 534. The van der Waals surface area contributed by atoms with Crippen LogP contribution in [0.5, 0.6) is 0 Å². The minimum atomic E-state index is 0.136. The predicted molar refractivity (Wildman–Crippen MR) is 76.5 cm³/mol. The maximum atomic E-state index is 5.68. The van der Waals surface area contributed by atoms with Gasteiger partial charge in [-0.1, -0.05) is 23.8 Å². The molecule has 0 spiro atoms. The zero-order valence-electron chi connectivity index (χ0n) is 11.0. The highest BCUT2D eigenvalue weighted by atomic mass is 32.1. The van der Waals surface area contributed by atoms with E-state index in [4.69, 9.17) is 5.84 Å². The van der Waals surface area contributed by atoms with E-state index in [1.54, 1.807) is 11.3 Å². The largest absolute Gasteiger partial charge is 0.271 e. The Labute approximate surface area is 112 Å². The van der Waals surface area contributed by atoms with E-state index in [2.05, 4.69) is 42.5 Å². The first-order valence-corrected chi connectivity index (χ1v) is 6.86. The van der Waals surface area contributed by atoms with Gasteiger partial charge in [0.25, 0.3) is 0 Å². The predicted octanol–water partition coefficient (Wildman–Crippen LogP) is 2.82. The van der Waals surface area contributed by atoms with Crippen molar-refractivity contribution in [3.8, 4) is 0 Å². The van der Waals surface area contributed by atoms with Gasteiger partial charge in [-0.05, 0) is 38.3 Å². The Morgan fingerprint density at radius 2 is 2.11 bits per heavy atom. The smallest absolute Gasteiger partial charge is 0.0897 e. The minimum absolute atomic E-state index is 0.136. The van der Waals surface area contributed by atoms with Crippen LogP contribution in [0.3, 0.4) is 0 Å². The van der Waals surface area contributed by atoms with E-state index >= 15 is 0 Å². The summed E-state index contributed by atoms with van der Waals surface area (Å²) in [6, 6.07) is 6.67. The summed E-state index contributed by atoms with van der Waals surface area (Å²) in [4.78, 5) is 5.48. The van der Waals surface area contributed by atoms with Crippen molar-refractivity contribution in [1.29, 1.82) is 0 Å². The molecule has 0 aliphatic heterocycles. The Balaban J connectivity index is 2.22. The van der Waals surface area contributed by atoms with Gasteiger partial charge in [-0.2, -0.15) is 0 Å². The van der Waals surface area contributed by atoms with Gasteiger partial charge < -0.3 is 0 Å². The molecule has 0 radical (unpaired) electrons.